The van der Waals surface area contributed by atoms with Crippen LogP contribution < -0.4 is 14.8 Å². The van der Waals surface area contributed by atoms with Gasteiger partial charge in [-0.15, -0.1) is 0 Å². The monoisotopic (exact) mass is 368 g/mol. The van der Waals surface area contributed by atoms with E-state index in [1.165, 1.54) is 13.2 Å². The maximum atomic E-state index is 12.2. The SMILES string of the molecule is COc1ccc(NC(=O)/C=C/c2ccc3ccc(Cl)cc3n2)c(OC)c1. The number of nitrogens with zero attached hydrogens (tertiary/aromatic N) is 1. The molecule has 2 aromatic carbocycles. The second-order valence-corrected chi connectivity index (χ2v) is 5.90. The molecule has 1 aromatic heterocycles. The van der Waals surface area contributed by atoms with Crippen molar-refractivity contribution in [2.75, 3.05) is 19.5 Å². The average molecular weight is 369 g/mol. The number of aromatic nitrogens is 1. The molecule has 5 nitrogen and oxygen atoms in total. The fourth-order valence-corrected chi connectivity index (χ4v) is 2.60. The molecule has 0 fully saturated rings. The van der Waals surface area contributed by atoms with Crippen molar-refractivity contribution in [1.29, 1.82) is 0 Å². The summed E-state index contributed by atoms with van der Waals surface area (Å²) in [6.45, 7) is 0. The summed E-state index contributed by atoms with van der Waals surface area (Å²) in [5.74, 6) is 0.875. The van der Waals surface area contributed by atoms with Gasteiger partial charge < -0.3 is 14.8 Å². The Balaban J connectivity index is 1.75. The van der Waals surface area contributed by atoms with E-state index in [2.05, 4.69) is 10.3 Å². The normalized spacial score (nSPS) is 10.9. The Bertz CT molecular complexity index is 986. The van der Waals surface area contributed by atoms with Gasteiger partial charge in [-0.05, 0) is 36.4 Å². The molecule has 1 amide bonds. The van der Waals surface area contributed by atoms with E-state index >= 15 is 0 Å². The van der Waals surface area contributed by atoms with E-state index in [0.717, 1.165) is 10.9 Å². The largest absolute Gasteiger partial charge is 0.497 e. The molecule has 0 atom stereocenters. The first kappa shape index (κ1) is 17.8. The summed E-state index contributed by atoms with van der Waals surface area (Å²) in [7, 11) is 3.10. The molecule has 132 valence electrons. The second kappa shape index (κ2) is 7.89. The Labute approximate surface area is 156 Å². The van der Waals surface area contributed by atoms with Crippen LogP contribution in [0.25, 0.3) is 17.0 Å². The van der Waals surface area contributed by atoms with Crippen molar-refractivity contribution >= 4 is 40.2 Å². The Morgan fingerprint density at radius 1 is 1.08 bits per heavy atom. The lowest BCUT2D eigenvalue weighted by atomic mass is 10.2. The van der Waals surface area contributed by atoms with Gasteiger partial charge in [0.25, 0.3) is 0 Å². The molecule has 0 aliphatic carbocycles. The van der Waals surface area contributed by atoms with Crippen molar-refractivity contribution in [3.05, 3.63) is 65.3 Å². The van der Waals surface area contributed by atoms with Gasteiger partial charge in [-0.1, -0.05) is 23.7 Å². The number of carbonyl (C=O) groups excluding carboxylic acids is 1. The molecular formula is C20H17ClN2O3. The summed E-state index contributed by atoms with van der Waals surface area (Å²) in [5.41, 5.74) is 2.00. The average Bonchev–Trinajstić information content (AvgIpc) is 2.66. The number of amides is 1. The highest BCUT2D eigenvalue weighted by atomic mass is 35.5. The van der Waals surface area contributed by atoms with Gasteiger partial charge in [0.05, 0.1) is 31.1 Å². The summed E-state index contributed by atoms with van der Waals surface area (Å²) in [6, 6.07) is 14.5. The molecule has 3 aromatic rings. The first-order valence-corrected chi connectivity index (χ1v) is 8.24. The zero-order valence-electron chi connectivity index (χ0n) is 14.3. The van der Waals surface area contributed by atoms with Crippen LogP contribution in [0.15, 0.2) is 54.6 Å². The van der Waals surface area contributed by atoms with Gasteiger partial charge in [-0.2, -0.15) is 0 Å². The summed E-state index contributed by atoms with van der Waals surface area (Å²) in [4.78, 5) is 16.7. The number of halogens is 1. The van der Waals surface area contributed by atoms with E-state index in [4.69, 9.17) is 21.1 Å². The molecule has 0 unspecified atom stereocenters. The molecular weight excluding hydrogens is 352 g/mol. The quantitative estimate of drug-likeness (QED) is 0.671. The Kier molecular flexibility index (Phi) is 5.39. The molecule has 0 aliphatic heterocycles. The molecule has 0 bridgehead atoms. The second-order valence-electron chi connectivity index (χ2n) is 5.46. The lowest BCUT2D eigenvalue weighted by Gasteiger charge is -2.10. The van der Waals surface area contributed by atoms with E-state index in [9.17, 15) is 4.79 Å². The van der Waals surface area contributed by atoms with Crippen LogP contribution in [0.5, 0.6) is 11.5 Å². The maximum Gasteiger partial charge on any atom is 0.248 e. The van der Waals surface area contributed by atoms with Crippen LogP contribution >= 0.6 is 11.6 Å². The van der Waals surface area contributed by atoms with Gasteiger partial charge in [-0.3, -0.25) is 4.79 Å². The predicted octanol–water partition coefficient (Wildman–Crippen LogP) is 4.56. The van der Waals surface area contributed by atoms with Gasteiger partial charge in [-0.25, -0.2) is 4.98 Å². The highest BCUT2D eigenvalue weighted by Gasteiger charge is 2.07. The number of rotatable bonds is 5. The van der Waals surface area contributed by atoms with Crippen LogP contribution in [0.2, 0.25) is 5.02 Å². The molecule has 6 heteroatoms. The summed E-state index contributed by atoms with van der Waals surface area (Å²) >= 11 is 6.00. The van der Waals surface area contributed by atoms with Crippen molar-refractivity contribution in [1.82, 2.24) is 4.98 Å². The topological polar surface area (TPSA) is 60.5 Å². The first-order chi connectivity index (χ1) is 12.6. The van der Waals surface area contributed by atoms with Gasteiger partial charge in [0.2, 0.25) is 5.91 Å². The molecule has 0 spiro atoms. The molecule has 0 aliphatic rings. The zero-order valence-corrected chi connectivity index (χ0v) is 15.1. The molecule has 0 saturated heterocycles. The zero-order chi connectivity index (χ0) is 18.5. The van der Waals surface area contributed by atoms with Crippen LogP contribution in [0.3, 0.4) is 0 Å². The van der Waals surface area contributed by atoms with E-state index in [0.29, 0.717) is 27.9 Å². The minimum atomic E-state index is -0.290. The van der Waals surface area contributed by atoms with Crippen molar-refractivity contribution in [3.8, 4) is 11.5 Å². The number of nitrogens with one attached hydrogen (secondary N) is 1. The fourth-order valence-electron chi connectivity index (χ4n) is 2.44. The lowest BCUT2D eigenvalue weighted by Crippen LogP contribution is -2.09. The van der Waals surface area contributed by atoms with Crippen LogP contribution in [-0.2, 0) is 4.79 Å². The van der Waals surface area contributed by atoms with Crippen molar-refractivity contribution in [3.63, 3.8) is 0 Å². The molecule has 26 heavy (non-hydrogen) atoms. The van der Waals surface area contributed by atoms with E-state index in [1.54, 1.807) is 37.5 Å². The molecule has 1 N–H and O–H groups in total. The van der Waals surface area contributed by atoms with Gasteiger partial charge >= 0.3 is 0 Å². The standard InChI is InChI=1S/C20H17ClN2O3/c1-25-16-8-9-17(19(12-16)26-2)23-20(24)10-7-15-6-4-13-3-5-14(21)11-18(13)22-15/h3-12H,1-2H3,(H,23,24)/b10-7+. The molecule has 0 saturated carbocycles. The number of benzene rings is 2. The highest BCUT2D eigenvalue weighted by molar-refractivity contribution is 6.31. The number of pyridine rings is 1. The van der Waals surface area contributed by atoms with Crippen LogP contribution in [0, 0.1) is 0 Å². The number of hydrogen-bond donors (Lipinski definition) is 1. The van der Waals surface area contributed by atoms with Gasteiger partial charge in [0.1, 0.15) is 11.5 Å². The van der Waals surface area contributed by atoms with Crippen molar-refractivity contribution in [2.24, 2.45) is 0 Å². The number of hydrogen-bond acceptors (Lipinski definition) is 4. The summed E-state index contributed by atoms with van der Waals surface area (Å²) in [5, 5.41) is 4.38. The lowest BCUT2D eigenvalue weighted by molar-refractivity contribution is -0.111. The highest BCUT2D eigenvalue weighted by Crippen LogP contribution is 2.29. The van der Waals surface area contributed by atoms with E-state index in [-0.39, 0.29) is 5.91 Å². The van der Waals surface area contributed by atoms with Crippen LogP contribution in [0.1, 0.15) is 5.69 Å². The number of ether oxygens (including phenoxy) is 2. The minimum absolute atomic E-state index is 0.290. The number of fused-ring (bicyclic) bond motifs is 1. The number of methoxy groups -OCH3 is 2. The van der Waals surface area contributed by atoms with Gasteiger partial charge in [0.15, 0.2) is 0 Å². The third-order valence-corrected chi connectivity index (χ3v) is 3.98. The molecule has 0 radical (unpaired) electrons. The molecule has 3 rings (SSSR count). The summed E-state index contributed by atoms with van der Waals surface area (Å²) in [6.07, 6.45) is 3.06. The Morgan fingerprint density at radius 3 is 2.65 bits per heavy atom. The third kappa shape index (κ3) is 4.13. The number of carbonyl (C=O) groups is 1. The molecule has 1 heterocycles. The number of anilines is 1. The maximum absolute atomic E-state index is 12.2. The van der Waals surface area contributed by atoms with Gasteiger partial charge in [0, 0.05) is 22.6 Å². The minimum Gasteiger partial charge on any atom is -0.497 e. The first-order valence-electron chi connectivity index (χ1n) is 7.86. The third-order valence-electron chi connectivity index (χ3n) is 3.75. The van der Waals surface area contributed by atoms with Crippen LogP contribution in [0.4, 0.5) is 5.69 Å². The van der Waals surface area contributed by atoms with Crippen LogP contribution in [-0.4, -0.2) is 25.1 Å². The van der Waals surface area contributed by atoms with Crippen molar-refractivity contribution in [2.45, 2.75) is 0 Å². The predicted molar refractivity (Wildman–Crippen MR) is 104 cm³/mol. The van der Waals surface area contributed by atoms with E-state index < -0.39 is 0 Å². The van der Waals surface area contributed by atoms with E-state index in [1.807, 2.05) is 24.3 Å². The fraction of sp³-hybridized carbons (Fsp3) is 0.100. The summed E-state index contributed by atoms with van der Waals surface area (Å²) < 4.78 is 10.4. The Morgan fingerprint density at radius 2 is 1.88 bits per heavy atom. The Hall–Kier alpha value is -3.05. The van der Waals surface area contributed by atoms with Crippen molar-refractivity contribution < 1.29 is 14.3 Å². The smallest absolute Gasteiger partial charge is 0.248 e.